The molecular formula is C45H89NO12S. The largest absolute Gasteiger partial charge is 0.397 e. The predicted molar refractivity (Wildman–Crippen MR) is 233 cm³/mol. The minimum absolute atomic E-state index is 0.266. The second-order valence-electron chi connectivity index (χ2n) is 17.2. The molecule has 1 aliphatic rings. The van der Waals surface area contributed by atoms with Crippen LogP contribution >= 0.6 is 0 Å². The topological polar surface area (TPSA) is 212 Å². The average Bonchev–Trinajstić information content (AvgIpc) is 3.20. The first kappa shape index (κ1) is 56.1. The van der Waals surface area contributed by atoms with E-state index in [0.29, 0.717) is 19.3 Å². The highest BCUT2D eigenvalue weighted by Gasteiger charge is 2.48. The number of aliphatic hydroxyl groups is 5. The zero-order chi connectivity index (χ0) is 43.6. The average molecular weight is 868 g/mol. The van der Waals surface area contributed by atoms with Crippen molar-refractivity contribution in [3.05, 3.63) is 0 Å². The Morgan fingerprint density at radius 3 is 1.36 bits per heavy atom. The Bertz CT molecular complexity index is 1090. The highest BCUT2D eigenvalue weighted by Crippen LogP contribution is 2.26. The van der Waals surface area contributed by atoms with Crippen molar-refractivity contribution in [2.75, 3.05) is 13.2 Å². The molecule has 1 rings (SSSR count). The summed E-state index contributed by atoms with van der Waals surface area (Å²) in [5, 5.41) is 55.3. The molecule has 1 fully saturated rings. The second kappa shape index (κ2) is 36.5. The minimum atomic E-state index is -5.10. The number of carbonyl (C=O) groups excluding carboxylic acids is 1. The van der Waals surface area contributed by atoms with Crippen LogP contribution in [0.2, 0.25) is 0 Å². The zero-order valence-corrected chi connectivity index (χ0v) is 38.0. The van der Waals surface area contributed by atoms with Crippen LogP contribution in [0.15, 0.2) is 0 Å². The fourth-order valence-electron chi connectivity index (χ4n) is 7.94. The van der Waals surface area contributed by atoms with E-state index in [1.807, 2.05) is 0 Å². The molecule has 59 heavy (non-hydrogen) atoms. The number of nitrogens with one attached hydrogen (secondary N) is 1. The van der Waals surface area contributed by atoms with Crippen molar-refractivity contribution < 1.29 is 57.0 Å². The molecule has 0 bridgehead atoms. The quantitative estimate of drug-likeness (QED) is 0.0228. The molecule has 14 heteroatoms. The Morgan fingerprint density at radius 1 is 0.610 bits per heavy atom. The van der Waals surface area contributed by atoms with Crippen LogP contribution in [0.5, 0.6) is 0 Å². The van der Waals surface area contributed by atoms with Gasteiger partial charge in [-0.05, 0) is 12.8 Å². The van der Waals surface area contributed by atoms with E-state index in [-0.39, 0.29) is 6.42 Å². The molecular weight excluding hydrogens is 779 g/mol. The molecule has 0 spiro atoms. The van der Waals surface area contributed by atoms with E-state index in [1.54, 1.807) is 0 Å². The maximum atomic E-state index is 13.1. The maximum Gasteiger partial charge on any atom is 0.397 e. The summed E-state index contributed by atoms with van der Waals surface area (Å²) in [5.41, 5.74) is 0. The molecule has 352 valence electrons. The number of ether oxygens (including phenoxy) is 2. The fraction of sp³-hybridized carbons (Fsp3) is 0.978. The number of aliphatic hydroxyl groups excluding tert-OH is 5. The summed E-state index contributed by atoms with van der Waals surface area (Å²) in [7, 11) is -5.10. The number of rotatable bonds is 41. The molecule has 1 heterocycles. The lowest BCUT2D eigenvalue weighted by molar-refractivity contribution is -0.298. The van der Waals surface area contributed by atoms with Gasteiger partial charge in [0, 0.05) is 0 Å². The third-order valence-electron chi connectivity index (χ3n) is 11.8. The minimum Gasteiger partial charge on any atom is -0.394 e. The van der Waals surface area contributed by atoms with Crippen LogP contribution in [0.3, 0.4) is 0 Å². The van der Waals surface area contributed by atoms with Gasteiger partial charge in [0.15, 0.2) is 6.29 Å². The van der Waals surface area contributed by atoms with Crippen LogP contribution in [0.25, 0.3) is 0 Å². The third kappa shape index (κ3) is 29.1. The van der Waals surface area contributed by atoms with Crippen LogP contribution in [-0.2, 0) is 28.9 Å². The summed E-state index contributed by atoms with van der Waals surface area (Å²) in [6, 6.07) is -1.03. The third-order valence-corrected chi connectivity index (χ3v) is 12.2. The molecule has 0 saturated carbocycles. The Hall–Kier alpha value is -0.940. The van der Waals surface area contributed by atoms with Crippen molar-refractivity contribution >= 4 is 16.3 Å². The van der Waals surface area contributed by atoms with Crippen molar-refractivity contribution in [1.29, 1.82) is 0 Å². The van der Waals surface area contributed by atoms with Crippen LogP contribution in [0.1, 0.15) is 219 Å². The Labute approximate surface area is 359 Å². The molecule has 0 radical (unpaired) electrons. The standard InChI is InChI=1S/C45H89NO12S/c1-3-5-7-9-11-13-15-16-17-18-19-20-21-22-23-24-26-28-30-32-34-39(49)44(52)46-37(38(48)33-31-29-27-25-14-12-10-8-6-4-2)36-56-45-42(51)43(58-59(53,54)55)41(50)40(35-47)57-45/h37-43,45,47-51H,3-36H2,1-2H3,(H,46,52)(H,53,54,55). The monoisotopic (exact) mass is 868 g/mol. The van der Waals surface area contributed by atoms with Gasteiger partial charge in [0.25, 0.3) is 0 Å². The molecule has 8 atom stereocenters. The number of unbranched alkanes of at least 4 members (excludes halogenated alkanes) is 28. The first-order valence-electron chi connectivity index (χ1n) is 24.0. The summed E-state index contributed by atoms with van der Waals surface area (Å²) in [6.07, 6.45) is 25.9. The molecule has 8 unspecified atom stereocenters. The number of carbonyl (C=O) groups is 1. The lowest BCUT2D eigenvalue weighted by Crippen LogP contribution is -2.61. The highest BCUT2D eigenvalue weighted by atomic mass is 32.3. The molecule has 0 aromatic rings. The van der Waals surface area contributed by atoms with E-state index in [4.69, 9.17) is 9.47 Å². The van der Waals surface area contributed by atoms with Gasteiger partial charge in [-0.15, -0.1) is 0 Å². The molecule has 1 amide bonds. The van der Waals surface area contributed by atoms with E-state index < -0.39 is 78.5 Å². The van der Waals surface area contributed by atoms with Crippen molar-refractivity contribution in [1.82, 2.24) is 5.32 Å². The molecule has 0 aromatic carbocycles. The number of amides is 1. The first-order valence-corrected chi connectivity index (χ1v) is 25.4. The van der Waals surface area contributed by atoms with Gasteiger partial charge in [-0.3, -0.25) is 9.35 Å². The van der Waals surface area contributed by atoms with Crippen molar-refractivity contribution in [3.8, 4) is 0 Å². The van der Waals surface area contributed by atoms with Gasteiger partial charge in [0.05, 0.1) is 25.4 Å². The van der Waals surface area contributed by atoms with Crippen LogP contribution < -0.4 is 5.32 Å². The molecule has 0 aliphatic carbocycles. The zero-order valence-electron chi connectivity index (χ0n) is 37.2. The fourth-order valence-corrected chi connectivity index (χ4v) is 8.45. The van der Waals surface area contributed by atoms with Crippen LogP contribution in [-0.4, -0.2) is 107 Å². The summed E-state index contributed by atoms with van der Waals surface area (Å²) in [5.74, 6) is -0.667. The molecule has 1 aliphatic heterocycles. The Balaban J connectivity index is 2.45. The summed E-state index contributed by atoms with van der Waals surface area (Å²) < 4.78 is 47.5. The van der Waals surface area contributed by atoms with Crippen molar-refractivity contribution in [2.24, 2.45) is 0 Å². The second-order valence-corrected chi connectivity index (χ2v) is 18.3. The Morgan fingerprint density at radius 2 is 0.983 bits per heavy atom. The molecule has 13 nitrogen and oxygen atoms in total. The summed E-state index contributed by atoms with van der Waals surface area (Å²) in [4.78, 5) is 13.1. The van der Waals surface area contributed by atoms with Gasteiger partial charge in [0.1, 0.15) is 30.5 Å². The Kier molecular flexibility index (Phi) is 34.7. The van der Waals surface area contributed by atoms with Gasteiger partial charge >= 0.3 is 10.4 Å². The van der Waals surface area contributed by atoms with E-state index >= 15 is 0 Å². The first-order chi connectivity index (χ1) is 28.4. The van der Waals surface area contributed by atoms with Gasteiger partial charge in [-0.1, -0.05) is 206 Å². The highest BCUT2D eigenvalue weighted by molar-refractivity contribution is 7.80. The lowest BCUT2D eigenvalue weighted by atomic mass is 9.99. The van der Waals surface area contributed by atoms with Crippen LogP contribution in [0, 0.1) is 0 Å². The normalized spacial score (nSPS) is 21.4. The van der Waals surface area contributed by atoms with Gasteiger partial charge in [0.2, 0.25) is 5.91 Å². The predicted octanol–water partition coefficient (Wildman–Crippen LogP) is 8.36. The van der Waals surface area contributed by atoms with Gasteiger partial charge < -0.3 is 40.3 Å². The number of hydrogen-bond donors (Lipinski definition) is 7. The summed E-state index contributed by atoms with van der Waals surface area (Å²) in [6.45, 7) is 3.27. The molecule has 7 N–H and O–H groups in total. The van der Waals surface area contributed by atoms with Gasteiger partial charge in [-0.2, -0.15) is 8.42 Å². The number of hydrogen-bond acceptors (Lipinski definition) is 11. The van der Waals surface area contributed by atoms with E-state index in [2.05, 4.69) is 23.3 Å². The molecule has 1 saturated heterocycles. The smallest absolute Gasteiger partial charge is 0.394 e. The van der Waals surface area contributed by atoms with E-state index in [1.165, 1.54) is 141 Å². The van der Waals surface area contributed by atoms with Gasteiger partial charge in [-0.25, -0.2) is 4.18 Å². The summed E-state index contributed by atoms with van der Waals surface area (Å²) >= 11 is 0. The van der Waals surface area contributed by atoms with Crippen molar-refractivity contribution in [3.63, 3.8) is 0 Å². The van der Waals surface area contributed by atoms with Crippen LogP contribution in [0.4, 0.5) is 0 Å². The van der Waals surface area contributed by atoms with Crippen molar-refractivity contribution in [2.45, 2.75) is 268 Å². The molecule has 0 aromatic heterocycles. The van der Waals surface area contributed by atoms with E-state index in [9.17, 15) is 43.3 Å². The maximum absolute atomic E-state index is 13.1. The lowest BCUT2D eigenvalue weighted by Gasteiger charge is -2.41. The van der Waals surface area contributed by atoms with E-state index in [0.717, 1.165) is 38.5 Å². The SMILES string of the molecule is CCCCCCCCCCCCCCCCCCCCCCC(O)C(=O)NC(COC1OC(CO)C(O)C(OS(=O)(=O)O)C1O)C(O)CCCCCCCCCCCC.